The third kappa shape index (κ3) is 2.74. The molecule has 0 bridgehead atoms. The van der Waals surface area contributed by atoms with E-state index in [1.807, 2.05) is 4.90 Å². The average molecular weight is 358 g/mol. The molecule has 1 aromatic rings. The molecule has 1 saturated carbocycles. The van der Waals surface area contributed by atoms with Crippen LogP contribution in [0.15, 0.2) is 24.3 Å². The molecule has 0 aromatic heterocycles. The number of benzene rings is 1. The van der Waals surface area contributed by atoms with Crippen molar-refractivity contribution in [2.24, 2.45) is 5.41 Å². The predicted octanol–water partition coefficient (Wildman–Crippen LogP) is 2.83. The van der Waals surface area contributed by atoms with Crippen LogP contribution in [-0.2, 0) is 4.79 Å². The lowest BCUT2D eigenvalue weighted by Gasteiger charge is -2.37. The normalized spacial score (nSPS) is 26.0. The van der Waals surface area contributed by atoms with Crippen molar-refractivity contribution in [3.05, 3.63) is 34.4 Å². The molecule has 1 heterocycles. The van der Waals surface area contributed by atoms with Gasteiger partial charge in [0.25, 0.3) is 5.69 Å². The van der Waals surface area contributed by atoms with Crippen molar-refractivity contribution in [2.75, 3.05) is 31.1 Å². The predicted molar refractivity (Wildman–Crippen MR) is 89.1 cm³/mol. The van der Waals surface area contributed by atoms with Gasteiger partial charge < -0.3 is 9.80 Å². The molecule has 23 heavy (non-hydrogen) atoms. The summed E-state index contributed by atoms with van der Waals surface area (Å²) in [5.74, 6) is -0.0373. The lowest BCUT2D eigenvalue weighted by Crippen LogP contribution is -2.51. The monoisotopic (exact) mass is 357 g/mol. The number of hydrogen-bond donors (Lipinski definition) is 0. The molecule has 1 aliphatic carbocycles. The SMILES string of the molecule is CC1(C(=O)N2CCN(c3ccccc3[N+](=O)[O-])CC2)CC1(Cl)Cl. The third-order valence-corrected chi connectivity index (χ3v) is 5.82. The van der Waals surface area contributed by atoms with E-state index >= 15 is 0 Å². The molecule has 1 amide bonds. The number of hydrogen-bond acceptors (Lipinski definition) is 4. The third-order valence-electron chi connectivity index (χ3n) is 4.72. The largest absolute Gasteiger partial charge is 0.362 e. The summed E-state index contributed by atoms with van der Waals surface area (Å²) in [5.41, 5.74) is -0.0370. The number of nitrogens with zero attached hydrogens (tertiary/aromatic N) is 3. The Bertz CT molecular complexity index is 659. The van der Waals surface area contributed by atoms with E-state index in [2.05, 4.69) is 0 Å². The second kappa shape index (κ2) is 5.53. The number of carbonyl (C=O) groups excluding carboxylic acids is 1. The number of piperazine rings is 1. The molecule has 1 aromatic carbocycles. The van der Waals surface area contributed by atoms with Crippen molar-refractivity contribution in [3.63, 3.8) is 0 Å². The first kappa shape index (κ1) is 16.3. The van der Waals surface area contributed by atoms with Gasteiger partial charge in [0.15, 0.2) is 0 Å². The van der Waals surface area contributed by atoms with Crippen LogP contribution in [0.4, 0.5) is 11.4 Å². The second-order valence-corrected chi connectivity index (χ2v) is 7.72. The van der Waals surface area contributed by atoms with E-state index in [4.69, 9.17) is 23.2 Å². The fourth-order valence-electron chi connectivity index (χ4n) is 3.02. The van der Waals surface area contributed by atoms with Gasteiger partial charge in [0.05, 0.1) is 10.3 Å². The van der Waals surface area contributed by atoms with Gasteiger partial charge in [-0.2, -0.15) is 0 Å². The molecule has 2 fully saturated rings. The molecule has 8 heteroatoms. The highest BCUT2D eigenvalue weighted by Gasteiger charge is 2.68. The minimum atomic E-state index is -0.973. The van der Waals surface area contributed by atoms with Gasteiger partial charge in [0, 0.05) is 32.2 Å². The smallest absolute Gasteiger partial charge is 0.292 e. The van der Waals surface area contributed by atoms with Crippen LogP contribution in [0, 0.1) is 15.5 Å². The van der Waals surface area contributed by atoms with E-state index < -0.39 is 9.75 Å². The number of nitro groups is 1. The van der Waals surface area contributed by atoms with Crippen LogP contribution in [0.5, 0.6) is 0 Å². The van der Waals surface area contributed by atoms with Crippen LogP contribution in [0.3, 0.4) is 0 Å². The summed E-state index contributed by atoms with van der Waals surface area (Å²) in [5, 5.41) is 11.1. The maximum absolute atomic E-state index is 12.5. The first-order valence-corrected chi connectivity index (χ1v) is 8.17. The van der Waals surface area contributed by atoms with Gasteiger partial charge >= 0.3 is 0 Å². The van der Waals surface area contributed by atoms with E-state index in [0.29, 0.717) is 38.3 Å². The van der Waals surface area contributed by atoms with Crippen molar-refractivity contribution >= 4 is 40.5 Å². The molecular weight excluding hydrogens is 341 g/mol. The number of amides is 1. The van der Waals surface area contributed by atoms with Gasteiger partial charge in [-0.05, 0) is 19.4 Å². The summed E-state index contributed by atoms with van der Waals surface area (Å²) in [6.07, 6.45) is 0.465. The molecule has 3 rings (SSSR count). The summed E-state index contributed by atoms with van der Waals surface area (Å²) >= 11 is 12.2. The maximum atomic E-state index is 12.5. The Morgan fingerprint density at radius 2 is 1.78 bits per heavy atom. The average Bonchev–Trinajstić information content (AvgIpc) is 3.06. The Morgan fingerprint density at radius 1 is 1.22 bits per heavy atom. The molecule has 6 nitrogen and oxygen atoms in total. The van der Waals surface area contributed by atoms with E-state index in [-0.39, 0.29) is 16.5 Å². The highest BCUT2D eigenvalue weighted by molar-refractivity contribution is 6.53. The number of anilines is 1. The standard InChI is InChI=1S/C15H17Cl2N3O3/c1-14(10-15(14,16)17)13(21)19-8-6-18(7-9-19)11-4-2-3-5-12(11)20(22)23/h2-5H,6-10H2,1H3. The van der Waals surface area contributed by atoms with Crippen molar-refractivity contribution in [3.8, 4) is 0 Å². The lowest BCUT2D eigenvalue weighted by molar-refractivity contribution is -0.384. The van der Waals surface area contributed by atoms with Crippen LogP contribution >= 0.6 is 23.2 Å². The molecule has 0 N–H and O–H groups in total. The number of alkyl halides is 2. The fraction of sp³-hybridized carbons (Fsp3) is 0.533. The van der Waals surface area contributed by atoms with Gasteiger partial charge in [-0.1, -0.05) is 12.1 Å². The minimum absolute atomic E-state index is 0.0373. The first-order valence-electron chi connectivity index (χ1n) is 7.42. The minimum Gasteiger partial charge on any atom is -0.362 e. The molecule has 0 radical (unpaired) electrons. The topological polar surface area (TPSA) is 66.7 Å². The van der Waals surface area contributed by atoms with Crippen molar-refractivity contribution < 1.29 is 9.72 Å². The zero-order valence-corrected chi connectivity index (χ0v) is 14.2. The van der Waals surface area contributed by atoms with Crippen molar-refractivity contribution in [2.45, 2.75) is 17.7 Å². The van der Waals surface area contributed by atoms with Crippen LogP contribution in [0.2, 0.25) is 0 Å². The van der Waals surface area contributed by atoms with Gasteiger partial charge in [0.1, 0.15) is 10.0 Å². The van der Waals surface area contributed by atoms with E-state index in [1.54, 1.807) is 30.0 Å². The quantitative estimate of drug-likeness (QED) is 0.473. The van der Waals surface area contributed by atoms with Gasteiger partial charge in [0.2, 0.25) is 5.91 Å². The molecule has 1 atom stereocenters. The molecular formula is C15H17Cl2N3O3. The Balaban J connectivity index is 1.68. The van der Waals surface area contributed by atoms with E-state index in [0.717, 1.165) is 0 Å². The summed E-state index contributed by atoms with van der Waals surface area (Å²) in [4.78, 5) is 27.0. The first-order chi connectivity index (χ1) is 10.8. The number of nitro benzene ring substituents is 1. The Hall–Kier alpha value is -1.53. The molecule has 124 valence electrons. The number of rotatable bonds is 3. The summed E-state index contributed by atoms with van der Waals surface area (Å²) in [7, 11) is 0. The lowest BCUT2D eigenvalue weighted by atomic mass is 10.1. The molecule has 1 aliphatic heterocycles. The van der Waals surface area contributed by atoms with E-state index in [9.17, 15) is 14.9 Å². The molecule has 1 saturated heterocycles. The van der Waals surface area contributed by atoms with Gasteiger partial charge in [-0.15, -0.1) is 23.2 Å². The summed E-state index contributed by atoms with van der Waals surface area (Å²) in [6, 6.07) is 6.66. The maximum Gasteiger partial charge on any atom is 0.292 e. The Labute approximate surface area is 144 Å². The van der Waals surface area contributed by atoms with E-state index in [1.165, 1.54) is 6.07 Å². The molecule has 0 spiro atoms. The zero-order chi connectivity index (χ0) is 16.8. The van der Waals surface area contributed by atoms with Gasteiger partial charge in [-0.3, -0.25) is 14.9 Å². The van der Waals surface area contributed by atoms with Gasteiger partial charge in [-0.25, -0.2) is 0 Å². The molecule has 1 unspecified atom stereocenters. The second-order valence-electron chi connectivity index (χ2n) is 6.24. The highest BCUT2D eigenvalue weighted by atomic mass is 35.5. The summed E-state index contributed by atoms with van der Waals surface area (Å²) < 4.78 is -0.973. The number of carbonyl (C=O) groups is 1. The Kier molecular flexibility index (Phi) is 3.92. The van der Waals surface area contributed by atoms with Crippen LogP contribution in [-0.4, -0.2) is 46.2 Å². The number of para-hydroxylation sites is 2. The van der Waals surface area contributed by atoms with Crippen molar-refractivity contribution in [1.82, 2.24) is 4.90 Å². The fourth-order valence-corrected chi connectivity index (χ4v) is 3.71. The zero-order valence-electron chi connectivity index (χ0n) is 12.7. The van der Waals surface area contributed by atoms with Crippen LogP contribution in [0.25, 0.3) is 0 Å². The van der Waals surface area contributed by atoms with Crippen LogP contribution in [0.1, 0.15) is 13.3 Å². The highest BCUT2D eigenvalue weighted by Crippen LogP contribution is 2.64. The number of halogens is 2. The summed E-state index contributed by atoms with van der Waals surface area (Å²) in [6.45, 7) is 3.88. The Morgan fingerprint density at radius 3 is 2.30 bits per heavy atom. The van der Waals surface area contributed by atoms with Crippen molar-refractivity contribution in [1.29, 1.82) is 0 Å². The molecule has 2 aliphatic rings. The van der Waals surface area contributed by atoms with Crippen LogP contribution < -0.4 is 4.90 Å².